The second kappa shape index (κ2) is 6.78. The summed E-state index contributed by atoms with van der Waals surface area (Å²) in [6, 6.07) is 8.50. The Kier molecular flexibility index (Phi) is 4.52. The van der Waals surface area contributed by atoms with Crippen LogP contribution in [0.25, 0.3) is 5.69 Å². The topological polar surface area (TPSA) is 71.8 Å². The van der Waals surface area contributed by atoms with Crippen LogP contribution in [0.1, 0.15) is 10.5 Å². The normalized spacial score (nSPS) is 10.7. The molecule has 0 aliphatic carbocycles. The van der Waals surface area contributed by atoms with Gasteiger partial charge in [0.1, 0.15) is 5.69 Å². The molecule has 1 amide bonds. The van der Waals surface area contributed by atoms with Crippen molar-refractivity contribution < 1.29 is 26.7 Å². The molecule has 134 valence electrons. The number of para-hydroxylation sites is 1. The third-order valence-electron chi connectivity index (χ3n) is 3.22. The number of benzene rings is 2. The monoisotopic (exact) mass is 369 g/mol. The van der Waals surface area contributed by atoms with Crippen LogP contribution in [0.15, 0.2) is 36.5 Å². The van der Waals surface area contributed by atoms with Gasteiger partial charge in [-0.1, -0.05) is 18.2 Å². The number of amides is 1. The summed E-state index contributed by atoms with van der Waals surface area (Å²) in [6.45, 7) is 0. The Labute approximate surface area is 142 Å². The number of halogens is 5. The number of carbonyl (C=O) groups excluding carboxylic acids is 1. The first-order valence-corrected chi connectivity index (χ1v) is 6.95. The van der Waals surface area contributed by atoms with E-state index < -0.39 is 40.7 Å². The summed E-state index contributed by atoms with van der Waals surface area (Å²) < 4.78 is 66.2. The predicted molar refractivity (Wildman–Crippen MR) is 78.7 cm³/mol. The van der Waals surface area contributed by atoms with Crippen molar-refractivity contribution in [3.8, 4) is 5.69 Å². The summed E-state index contributed by atoms with van der Waals surface area (Å²) in [5, 5.41) is 7.68. The van der Waals surface area contributed by atoms with Crippen LogP contribution in [0.2, 0.25) is 0 Å². The van der Waals surface area contributed by atoms with Gasteiger partial charge in [0.2, 0.25) is 5.82 Å². The van der Waals surface area contributed by atoms with Crippen LogP contribution in [-0.2, 0) is 0 Å². The molecule has 3 aromatic rings. The van der Waals surface area contributed by atoms with Crippen molar-refractivity contribution >= 4 is 11.6 Å². The molecule has 0 bridgehead atoms. The molecule has 0 atom stereocenters. The van der Waals surface area contributed by atoms with E-state index >= 15 is 0 Å². The quantitative estimate of drug-likeness (QED) is 0.321. The molecule has 3 rings (SSSR count). The lowest BCUT2D eigenvalue weighted by Gasteiger charge is -2.10. The standard InChI is InChI=1S/C15H8F5N5O/c16-9-10(17)12(19)14(13(20)11(9)18)22-23-15(26)8-6-21-25(24-8)7-4-2-1-3-5-7/h1-6,22H,(H,23,26). The summed E-state index contributed by atoms with van der Waals surface area (Å²) >= 11 is 0. The predicted octanol–water partition coefficient (Wildman–Crippen LogP) is 2.72. The molecule has 0 spiro atoms. The number of hydrogen-bond acceptors (Lipinski definition) is 4. The lowest BCUT2D eigenvalue weighted by molar-refractivity contribution is 0.0957. The zero-order valence-electron chi connectivity index (χ0n) is 12.6. The van der Waals surface area contributed by atoms with Crippen molar-refractivity contribution in [1.82, 2.24) is 20.4 Å². The molecule has 0 radical (unpaired) electrons. The van der Waals surface area contributed by atoms with Gasteiger partial charge in [-0.25, -0.2) is 22.0 Å². The maximum Gasteiger partial charge on any atom is 0.291 e. The minimum atomic E-state index is -2.30. The fraction of sp³-hybridized carbons (Fsp3) is 0. The van der Waals surface area contributed by atoms with Crippen molar-refractivity contribution in [3.05, 3.63) is 71.3 Å². The molecule has 6 nitrogen and oxygen atoms in total. The minimum absolute atomic E-state index is 0.259. The molecule has 2 aromatic carbocycles. The molecule has 0 aliphatic heterocycles. The molecule has 26 heavy (non-hydrogen) atoms. The van der Waals surface area contributed by atoms with Crippen LogP contribution in [0.5, 0.6) is 0 Å². The number of nitrogens with zero attached hydrogens (tertiary/aromatic N) is 3. The van der Waals surface area contributed by atoms with Crippen LogP contribution in [0.3, 0.4) is 0 Å². The molecule has 0 fully saturated rings. The van der Waals surface area contributed by atoms with Gasteiger partial charge in [-0.05, 0) is 12.1 Å². The van der Waals surface area contributed by atoms with E-state index in [9.17, 15) is 26.7 Å². The first kappa shape index (κ1) is 17.3. The Bertz CT molecular complexity index is 947. The van der Waals surface area contributed by atoms with Gasteiger partial charge in [0.15, 0.2) is 29.0 Å². The van der Waals surface area contributed by atoms with Gasteiger partial charge in [-0.3, -0.25) is 15.6 Å². The summed E-state index contributed by atoms with van der Waals surface area (Å²) in [4.78, 5) is 13.0. The van der Waals surface area contributed by atoms with Gasteiger partial charge < -0.3 is 0 Å². The molecule has 2 N–H and O–H groups in total. The second-order valence-electron chi connectivity index (χ2n) is 4.88. The summed E-state index contributed by atoms with van der Waals surface area (Å²) in [6.07, 6.45) is 1.06. The van der Waals surface area contributed by atoms with E-state index in [0.29, 0.717) is 5.69 Å². The zero-order chi connectivity index (χ0) is 18.8. The average molecular weight is 369 g/mol. The van der Waals surface area contributed by atoms with Gasteiger partial charge >= 0.3 is 0 Å². The van der Waals surface area contributed by atoms with Gasteiger partial charge in [0.05, 0.1) is 11.9 Å². The fourth-order valence-electron chi connectivity index (χ4n) is 1.95. The van der Waals surface area contributed by atoms with E-state index in [1.165, 1.54) is 0 Å². The number of nitrogens with one attached hydrogen (secondary N) is 2. The van der Waals surface area contributed by atoms with Crippen LogP contribution >= 0.6 is 0 Å². The fourth-order valence-corrected chi connectivity index (χ4v) is 1.95. The van der Waals surface area contributed by atoms with E-state index in [1.807, 2.05) is 0 Å². The molecular weight excluding hydrogens is 361 g/mol. The molecule has 0 aliphatic rings. The minimum Gasteiger partial charge on any atom is -0.293 e. The summed E-state index contributed by atoms with van der Waals surface area (Å²) in [5.41, 5.74) is 2.34. The SMILES string of the molecule is O=C(NNc1c(F)c(F)c(F)c(F)c1F)c1cnn(-c2ccccc2)n1. The Morgan fingerprint density at radius 2 is 1.46 bits per heavy atom. The number of aromatic nitrogens is 3. The maximum atomic E-state index is 13.5. The van der Waals surface area contributed by atoms with Gasteiger partial charge in [-0.2, -0.15) is 9.90 Å². The van der Waals surface area contributed by atoms with Crippen molar-refractivity contribution in [2.24, 2.45) is 0 Å². The Hall–Kier alpha value is -3.50. The van der Waals surface area contributed by atoms with Gasteiger partial charge in [-0.15, -0.1) is 5.10 Å². The van der Waals surface area contributed by atoms with E-state index in [0.717, 1.165) is 11.0 Å². The Morgan fingerprint density at radius 1 is 0.885 bits per heavy atom. The largest absolute Gasteiger partial charge is 0.293 e. The number of rotatable bonds is 4. The number of hydrogen-bond donors (Lipinski definition) is 2. The zero-order valence-corrected chi connectivity index (χ0v) is 12.6. The number of anilines is 1. The molecule has 0 saturated heterocycles. The first-order valence-electron chi connectivity index (χ1n) is 6.95. The van der Waals surface area contributed by atoms with Crippen molar-refractivity contribution in [1.29, 1.82) is 0 Å². The van der Waals surface area contributed by atoms with E-state index in [4.69, 9.17) is 0 Å². The third kappa shape index (κ3) is 3.06. The van der Waals surface area contributed by atoms with Crippen LogP contribution in [0.4, 0.5) is 27.6 Å². The highest BCUT2D eigenvalue weighted by Gasteiger charge is 2.26. The second-order valence-corrected chi connectivity index (χ2v) is 4.88. The third-order valence-corrected chi connectivity index (χ3v) is 3.22. The van der Waals surface area contributed by atoms with Crippen molar-refractivity contribution in [2.45, 2.75) is 0 Å². The first-order chi connectivity index (χ1) is 12.4. The average Bonchev–Trinajstić information content (AvgIpc) is 3.15. The highest BCUT2D eigenvalue weighted by molar-refractivity contribution is 5.92. The van der Waals surface area contributed by atoms with Crippen LogP contribution in [-0.4, -0.2) is 20.9 Å². The van der Waals surface area contributed by atoms with Crippen LogP contribution in [0, 0.1) is 29.1 Å². The highest BCUT2D eigenvalue weighted by Crippen LogP contribution is 2.26. The lowest BCUT2D eigenvalue weighted by Crippen LogP contribution is -2.31. The van der Waals surface area contributed by atoms with E-state index in [2.05, 4.69) is 10.2 Å². The number of hydrazine groups is 1. The molecule has 11 heteroatoms. The summed E-state index contributed by atoms with van der Waals surface area (Å²) in [5.74, 6) is -11.8. The smallest absolute Gasteiger partial charge is 0.291 e. The Morgan fingerprint density at radius 3 is 2.08 bits per heavy atom. The van der Waals surface area contributed by atoms with Crippen molar-refractivity contribution in [2.75, 3.05) is 5.43 Å². The van der Waals surface area contributed by atoms with Gasteiger partial charge in [0, 0.05) is 0 Å². The molecule has 1 aromatic heterocycles. The molecular formula is C15H8F5N5O. The highest BCUT2D eigenvalue weighted by atomic mass is 19.2. The molecule has 0 saturated carbocycles. The van der Waals surface area contributed by atoms with E-state index in [-0.39, 0.29) is 5.69 Å². The van der Waals surface area contributed by atoms with Crippen LogP contribution < -0.4 is 10.9 Å². The summed E-state index contributed by atoms with van der Waals surface area (Å²) in [7, 11) is 0. The van der Waals surface area contributed by atoms with Gasteiger partial charge in [0.25, 0.3) is 5.91 Å². The molecule has 0 unspecified atom stereocenters. The van der Waals surface area contributed by atoms with Crippen molar-refractivity contribution in [3.63, 3.8) is 0 Å². The maximum absolute atomic E-state index is 13.5. The van der Waals surface area contributed by atoms with E-state index in [1.54, 1.807) is 41.2 Å². The molecule has 1 heterocycles. The lowest BCUT2D eigenvalue weighted by atomic mass is 10.2. The Balaban J connectivity index is 1.77. The number of carbonyl (C=O) groups is 1.